The van der Waals surface area contributed by atoms with Crippen LogP contribution >= 0.6 is 23.1 Å². The molecule has 0 saturated carbocycles. The highest BCUT2D eigenvalue weighted by Gasteiger charge is 2.45. The van der Waals surface area contributed by atoms with Gasteiger partial charge in [0.2, 0.25) is 5.91 Å². The molecule has 0 fully saturated rings. The Bertz CT molecular complexity index is 1460. The van der Waals surface area contributed by atoms with Gasteiger partial charge in [-0.3, -0.25) is 14.6 Å². The summed E-state index contributed by atoms with van der Waals surface area (Å²) in [6.07, 6.45) is -0.00263. The lowest BCUT2D eigenvalue weighted by molar-refractivity contribution is -0.161. The number of ether oxygens (including phenoxy) is 3. The number of carbonyl (C=O) groups excluding carboxylic acids is 4. The molecule has 0 radical (unpaired) electrons. The number of nitrogens with zero attached hydrogens (tertiary/aromatic N) is 2. The fourth-order valence-electron chi connectivity index (χ4n) is 4.47. The molecule has 11 nitrogen and oxygen atoms in total. The minimum Gasteiger partial charge on any atom is -0.460 e. The third kappa shape index (κ3) is 11.8. The van der Waals surface area contributed by atoms with Gasteiger partial charge in [0.1, 0.15) is 39.1 Å². The van der Waals surface area contributed by atoms with Gasteiger partial charge < -0.3 is 24.8 Å². The zero-order valence-corrected chi connectivity index (χ0v) is 30.0. The largest absolute Gasteiger partial charge is 0.460 e. The predicted molar refractivity (Wildman–Crippen MR) is 184 cm³/mol. The van der Waals surface area contributed by atoms with Gasteiger partial charge in [0, 0.05) is 17.6 Å². The highest BCUT2D eigenvalue weighted by molar-refractivity contribution is 8.14. The Morgan fingerprint density at radius 3 is 2.30 bits per heavy atom. The van der Waals surface area contributed by atoms with Crippen molar-refractivity contribution in [1.82, 2.24) is 15.6 Å². The van der Waals surface area contributed by atoms with Gasteiger partial charge in [0.25, 0.3) is 0 Å². The lowest BCUT2D eigenvalue weighted by Crippen LogP contribution is -2.55. The van der Waals surface area contributed by atoms with Crippen molar-refractivity contribution in [3.63, 3.8) is 0 Å². The van der Waals surface area contributed by atoms with E-state index in [0.717, 1.165) is 5.56 Å². The molecule has 13 heteroatoms. The van der Waals surface area contributed by atoms with Gasteiger partial charge in [0.05, 0.1) is 13.0 Å². The lowest BCUT2D eigenvalue weighted by atomic mass is 9.91. The summed E-state index contributed by atoms with van der Waals surface area (Å²) in [4.78, 5) is 61.6. The monoisotopic (exact) mass is 686 g/mol. The van der Waals surface area contributed by atoms with E-state index < -0.39 is 52.8 Å². The summed E-state index contributed by atoms with van der Waals surface area (Å²) >= 11 is 2.77. The molecule has 2 N–H and O–H groups in total. The van der Waals surface area contributed by atoms with Crippen LogP contribution in [0.3, 0.4) is 0 Å². The first kappa shape index (κ1) is 37.7. The summed E-state index contributed by atoms with van der Waals surface area (Å²) in [5.74, 6) is -1.65. The summed E-state index contributed by atoms with van der Waals surface area (Å²) < 4.78 is 16.3. The topological polar surface area (TPSA) is 145 Å². The van der Waals surface area contributed by atoms with Crippen molar-refractivity contribution < 1.29 is 33.4 Å². The van der Waals surface area contributed by atoms with Crippen LogP contribution in [0.1, 0.15) is 78.1 Å². The highest BCUT2D eigenvalue weighted by Crippen LogP contribution is 2.35. The molecule has 3 atom stereocenters. The molecule has 0 saturated heterocycles. The number of hydrogen-bond donors (Lipinski definition) is 2. The fourth-order valence-corrected chi connectivity index (χ4v) is 6.43. The summed E-state index contributed by atoms with van der Waals surface area (Å²) in [5.41, 5.74) is -1.04. The first-order valence-corrected chi connectivity index (χ1v) is 17.3. The lowest BCUT2D eigenvalue weighted by Gasteiger charge is -2.29. The maximum Gasteiger partial charge on any atom is 0.408 e. The van der Waals surface area contributed by atoms with Crippen LogP contribution < -0.4 is 10.6 Å². The van der Waals surface area contributed by atoms with Crippen LogP contribution in [-0.4, -0.2) is 68.6 Å². The number of esters is 2. The quantitative estimate of drug-likeness (QED) is 0.156. The van der Waals surface area contributed by atoms with E-state index in [2.05, 4.69) is 22.2 Å². The normalized spacial score (nSPS) is 17.7. The van der Waals surface area contributed by atoms with E-state index in [1.165, 1.54) is 29.2 Å². The first-order valence-electron chi connectivity index (χ1n) is 15.4. The van der Waals surface area contributed by atoms with Crippen LogP contribution in [0.2, 0.25) is 0 Å². The molecule has 0 aliphatic carbocycles. The average molecular weight is 687 g/mol. The van der Waals surface area contributed by atoms with E-state index in [1.54, 1.807) is 55.4 Å². The summed E-state index contributed by atoms with van der Waals surface area (Å²) in [7, 11) is 0. The second-order valence-electron chi connectivity index (χ2n) is 13.6. The van der Waals surface area contributed by atoms with Gasteiger partial charge in [-0.1, -0.05) is 56.8 Å². The molecule has 3 rings (SSSR count). The van der Waals surface area contributed by atoms with E-state index >= 15 is 0 Å². The molecule has 1 aliphatic rings. The Hall–Kier alpha value is -3.71. The summed E-state index contributed by atoms with van der Waals surface area (Å²) in [6, 6.07) is 8.53. The van der Waals surface area contributed by atoms with E-state index in [-0.39, 0.29) is 18.9 Å². The minimum atomic E-state index is -1.23. The molecule has 0 bridgehead atoms. The second-order valence-corrected chi connectivity index (χ2v) is 15.5. The Morgan fingerprint density at radius 2 is 1.70 bits per heavy atom. The number of thiazole rings is 1. The standard InChI is InChI=1S/C34H46N4O7S2/c1-10-23(16-26(39)44-32(4,5)6)43-29(40)27(21(2)3)37-30(41)34(17-22-14-12-11-13-15-22)20-47-28(38-34)24-19-46-25(36-24)18-35-31(42)45-33(7,8)9/h10-15,19,21,23,27H,1,16-18,20H2,2-9H3,(H,35,42)(H,37,41)/t23-,27+,34+/m1/s1. The Morgan fingerprint density at radius 1 is 1.04 bits per heavy atom. The van der Waals surface area contributed by atoms with Crippen LogP contribution in [0.25, 0.3) is 0 Å². The van der Waals surface area contributed by atoms with Gasteiger partial charge >= 0.3 is 18.0 Å². The number of benzene rings is 1. The molecule has 0 spiro atoms. The van der Waals surface area contributed by atoms with Gasteiger partial charge in [-0.05, 0) is 53.0 Å². The number of hydrogen-bond acceptors (Lipinski definition) is 11. The van der Waals surface area contributed by atoms with Gasteiger partial charge in [-0.2, -0.15) is 0 Å². The third-order valence-electron chi connectivity index (χ3n) is 6.60. The zero-order valence-electron chi connectivity index (χ0n) is 28.4. The number of alkyl carbamates (subject to hydrolysis) is 1. The molecule has 256 valence electrons. The van der Waals surface area contributed by atoms with E-state index in [1.807, 2.05) is 35.7 Å². The third-order valence-corrected chi connectivity index (χ3v) is 8.65. The number of aromatic nitrogens is 1. The fraction of sp³-hybridized carbons (Fsp3) is 0.529. The Labute approximate surface area is 285 Å². The maximum atomic E-state index is 14.1. The maximum absolute atomic E-state index is 14.1. The van der Waals surface area contributed by atoms with Crippen molar-refractivity contribution in [3.05, 3.63) is 64.6 Å². The molecule has 2 aromatic rings. The Balaban J connectivity index is 1.80. The van der Waals surface area contributed by atoms with Crippen molar-refractivity contribution in [2.45, 2.75) is 104 Å². The minimum absolute atomic E-state index is 0.185. The molecule has 2 amide bonds. The zero-order chi connectivity index (χ0) is 35.0. The van der Waals surface area contributed by atoms with Crippen molar-refractivity contribution in [2.24, 2.45) is 10.9 Å². The molecule has 2 heterocycles. The first-order chi connectivity index (χ1) is 21.9. The van der Waals surface area contributed by atoms with Crippen LogP contribution in [0.5, 0.6) is 0 Å². The van der Waals surface area contributed by atoms with E-state index in [4.69, 9.17) is 19.2 Å². The van der Waals surface area contributed by atoms with Crippen molar-refractivity contribution in [2.75, 3.05) is 5.75 Å². The number of thioether (sulfide) groups is 1. The van der Waals surface area contributed by atoms with Crippen LogP contribution in [0, 0.1) is 5.92 Å². The van der Waals surface area contributed by atoms with Gasteiger partial charge in [0.15, 0.2) is 5.54 Å². The van der Waals surface area contributed by atoms with Crippen molar-refractivity contribution in [1.29, 1.82) is 0 Å². The summed E-state index contributed by atoms with van der Waals surface area (Å²) in [5, 5.41) is 8.69. The number of carbonyl (C=O) groups is 4. The molecular formula is C34H46N4O7S2. The summed E-state index contributed by atoms with van der Waals surface area (Å²) in [6.45, 7) is 18.1. The van der Waals surface area contributed by atoms with Crippen LogP contribution in [0.4, 0.5) is 4.79 Å². The van der Waals surface area contributed by atoms with Gasteiger partial charge in [-0.25, -0.2) is 14.6 Å². The predicted octanol–water partition coefficient (Wildman–Crippen LogP) is 5.61. The number of rotatable bonds is 13. The molecule has 1 aliphatic heterocycles. The Kier molecular flexibility index (Phi) is 12.8. The molecule has 47 heavy (non-hydrogen) atoms. The molecule has 1 aromatic heterocycles. The van der Waals surface area contributed by atoms with E-state index in [0.29, 0.717) is 27.9 Å². The second kappa shape index (κ2) is 15.9. The van der Waals surface area contributed by atoms with Crippen LogP contribution in [-0.2, 0) is 41.6 Å². The molecule has 0 unspecified atom stereocenters. The number of aliphatic imine (C=N–C) groups is 1. The SMILES string of the molecule is C=C[C@H](CC(=O)OC(C)(C)C)OC(=O)[C@@H](NC(=O)[C@]1(Cc2ccccc2)CSC(c2csc(CNC(=O)OC(C)(C)C)n2)=N1)C(C)C. The van der Waals surface area contributed by atoms with Crippen molar-refractivity contribution >= 4 is 52.1 Å². The van der Waals surface area contributed by atoms with Crippen LogP contribution in [0.15, 0.2) is 53.4 Å². The van der Waals surface area contributed by atoms with Crippen molar-refractivity contribution in [3.8, 4) is 0 Å². The van der Waals surface area contributed by atoms with E-state index in [9.17, 15) is 19.2 Å². The highest BCUT2D eigenvalue weighted by atomic mass is 32.2. The molecule has 1 aromatic carbocycles. The number of amides is 2. The van der Waals surface area contributed by atoms with Gasteiger partial charge in [-0.15, -0.1) is 23.1 Å². The number of nitrogens with one attached hydrogen (secondary N) is 2. The average Bonchev–Trinajstić information content (AvgIpc) is 3.61. The smallest absolute Gasteiger partial charge is 0.408 e. The molecular weight excluding hydrogens is 641 g/mol.